The third-order valence-corrected chi connectivity index (χ3v) is 9.26. The van der Waals surface area contributed by atoms with Crippen molar-refractivity contribution in [1.29, 1.82) is 0 Å². The Bertz CT molecular complexity index is 1730. The Hall–Kier alpha value is -5.94. The van der Waals surface area contributed by atoms with Crippen LogP contribution in [0.1, 0.15) is 79.3 Å². The van der Waals surface area contributed by atoms with E-state index in [-0.39, 0.29) is 67.9 Å². The van der Waals surface area contributed by atoms with Crippen LogP contribution in [-0.2, 0) is 54.9 Å². The predicted molar refractivity (Wildman–Crippen MR) is 204 cm³/mol. The first-order chi connectivity index (χ1) is 27.5. The highest BCUT2D eigenvalue weighted by molar-refractivity contribution is 6.22. The largest absolute Gasteiger partial charge is 0.377 e. The van der Waals surface area contributed by atoms with Crippen LogP contribution < -0.4 is 26.6 Å². The SMILES string of the molecule is C=C1CCC(=O)N1OC(=O)c1ccc(CCC(=O)NCCOCCOCCNC(=O)CCCC(=O)NCCCCC2(c3ccccc3)C(=O)NC(=O)NC2=O)cc1. The average molecular weight is 791 g/mol. The zero-order valence-corrected chi connectivity index (χ0v) is 31.9. The van der Waals surface area contributed by atoms with E-state index < -0.39 is 29.2 Å². The monoisotopic (exact) mass is 790 g/mol. The number of nitrogens with zero attached hydrogens (tertiary/aromatic N) is 1. The predicted octanol–water partition coefficient (Wildman–Crippen LogP) is 1.85. The van der Waals surface area contributed by atoms with Crippen molar-refractivity contribution in [1.82, 2.24) is 31.6 Å². The lowest BCUT2D eigenvalue weighted by atomic mass is 9.73. The number of allylic oxidation sites excluding steroid dienone is 1. The number of amides is 8. The van der Waals surface area contributed by atoms with E-state index in [1.807, 2.05) is 0 Å². The second-order valence-corrected chi connectivity index (χ2v) is 13.4. The van der Waals surface area contributed by atoms with E-state index in [1.54, 1.807) is 54.6 Å². The minimum atomic E-state index is -1.54. The first-order valence-corrected chi connectivity index (χ1v) is 19.0. The van der Waals surface area contributed by atoms with Gasteiger partial charge in [0.1, 0.15) is 0 Å². The second kappa shape index (κ2) is 22.6. The van der Waals surface area contributed by atoms with Crippen LogP contribution in [0.15, 0.2) is 66.9 Å². The van der Waals surface area contributed by atoms with E-state index in [4.69, 9.17) is 14.3 Å². The number of aryl methyl sites for hydroxylation is 1. The minimum absolute atomic E-state index is 0.144. The van der Waals surface area contributed by atoms with Crippen molar-refractivity contribution in [3.05, 3.63) is 83.6 Å². The van der Waals surface area contributed by atoms with E-state index in [1.165, 1.54) is 0 Å². The molecule has 0 saturated carbocycles. The number of benzene rings is 2. The molecule has 2 heterocycles. The maximum Gasteiger partial charge on any atom is 0.363 e. The van der Waals surface area contributed by atoms with Crippen molar-refractivity contribution in [2.24, 2.45) is 0 Å². The lowest BCUT2D eigenvalue weighted by Gasteiger charge is -2.34. The fourth-order valence-electron chi connectivity index (χ4n) is 6.12. The molecule has 0 unspecified atom stereocenters. The highest BCUT2D eigenvalue weighted by atomic mass is 16.7. The summed E-state index contributed by atoms with van der Waals surface area (Å²) in [7, 11) is 0. The molecule has 8 amide bonds. The molecule has 2 aromatic carbocycles. The van der Waals surface area contributed by atoms with Gasteiger partial charge < -0.3 is 30.3 Å². The van der Waals surface area contributed by atoms with Gasteiger partial charge in [-0.3, -0.25) is 39.4 Å². The summed E-state index contributed by atoms with van der Waals surface area (Å²) in [4.78, 5) is 103. The summed E-state index contributed by atoms with van der Waals surface area (Å²) in [5.74, 6) is -2.87. The number of hydroxylamine groups is 2. The Balaban J connectivity index is 0.941. The molecule has 0 bridgehead atoms. The zero-order chi connectivity index (χ0) is 41.0. The Kier molecular flexibility index (Phi) is 17.3. The molecule has 0 radical (unpaired) electrons. The molecule has 2 aliphatic rings. The van der Waals surface area contributed by atoms with Crippen LogP contribution in [-0.4, -0.2) is 98.6 Å². The fourth-order valence-corrected chi connectivity index (χ4v) is 6.12. The summed E-state index contributed by atoms with van der Waals surface area (Å²) >= 11 is 0. The summed E-state index contributed by atoms with van der Waals surface area (Å²) in [5, 5.41) is 13.6. The molecular weight excluding hydrogens is 740 g/mol. The molecule has 2 fully saturated rings. The molecule has 2 saturated heterocycles. The first kappa shape index (κ1) is 43.8. The molecule has 306 valence electrons. The molecule has 17 nitrogen and oxygen atoms in total. The molecule has 0 atom stereocenters. The number of carbonyl (C=O) groups is 8. The summed E-state index contributed by atoms with van der Waals surface area (Å²) < 4.78 is 10.9. The quantitative estimate of drug-likeness (QED) is 0.0762. The van der Waals surface area contributed by atoms with Crippen LogP contribution in [0.2, 0.25) is 0 Å². The van der Waals surface area contributed by atoms with Crippen molar-refractivity contribution in [2.75, 3.05) is 46.1 Å². The second-order valence-electron chi connectivity index (χ2n) is 13.4. The standard InChI is InChI=1S/C40H50N6O11/c1-28-12-19-35(50)46(28)57-36(51)30-16-13-29(14-17-30)15-18-34(49)43-23-25-56-27-26-55-24-22-42-33(48)11-7-10-32(47)41-21-6-5-20-40(31-8-3-2-4-9-31)37(52)44-39(54)45-38(40)53/h2-4,8-9,13-14,16-17H,1,5-7,10-12,15,18-27H2,(H,41,47)(H,42,48)(H,43,49)(H2,44,45,52,53,54). The van der Waals surface area contributed by atoms with E-state index >= 15 is 0 Å². The van der Waals surface area contributed by atoms with Crippen molar-refractivity contribution in [3.63, 3.8) is 0 Å². The number of unbranched alkanes of at least 4 members (excludes halogenated alkanes) is 1. The van der Waals surface area contributed by atoms with Gasteiger partial charge in [0.2, 0.25) is 29.5 Å². The molecule has 0 aromatic heterocycles. The Morgan fingerprint density at radius 3 is 1.84 bits per heavy atom. The van der Waals surface area contributed by atoms with Gasteiger partial charge in [-0.05, 0) is 61.8 Å². The number of carbonyl (C=O) groups excluding carboxylic acids is 8. The van der Waals surface area contributed by atoms with Crippen LogP contribution >= 0.6 is 0 Å². The summed E-state index contributed by atoms with van der Waals surface area (Å²) in [6.07, 6.45) is 3.24. The van der Waals surface area contributed by atoms with Gasteiger partial charge in [0.25, 0.3) is 5.91 Å². The molecule has 2 aliphatic heterocycles. The summed E-state index contributed by atoms with van der Waals surface area (Å²) in [6.45, 7) is 5.89. The molecule has 0 aliphatic carbocycles. The van der Waals surface area contributed by atoms with Gasteiger partial charge in [-0.15, -0.1) is 5.06 Å². The molecule has 57 heavy (non-hydrogen) atoms. The van der Waals surface area contributed by atoms with Crippen LogP contribution in [0.5, 0.6) is 0 Å². The van der Waals surface area contributed by atoms with Crippen molar-refractivity contribution in [3.8, 4) is 0 Å². The topological polar surface area (TPSA) is 228 Å². The zero-order valence-electron chi connectivity index (χ0n) is 31.9. The number of hydrogen-bond donors (Lipinski definition) is 5. The number of urea groups is 1. The average Bonchev–Trinajstić information content (AvgIpc) is 3.51. The number of hydrogen-bond acceptors (Lipinski definition) is 11. The Morgan fingerprint density at radius 2 is 1.26 bits per heavy atom. The number of rotatable bonds is 24. The first-order valence-electron chi connectivity index (χ1n) is 19.0. The van der Waals surface area contributed by atoms with Crippen LogP contribution in [0.3, 0.4) is 0 Å². The smallest absolute Gasteiger partial charge is 0.363 e. The van der Waals surface area contributed by atoms with Gasteiger partial charge in [-0.25, -0.2) is 9.59 Å². The number of nitrogens with one attached hydrogen (secondary N) is 5. The highest BCUT2D eigenvalue weighted by Crippen LogP contribution is 2.32. The summed E-state index contributed by atoms with van der Waals surface area (Å²) in [5.41, 5.74) is 0.536. The fraction of sp³-hybridized carbons (Fsp3) is 0.450. The lowest BCUT2D eigenvalue weighted by molar-refractivity contribution is -0.153. The number of barbiturate groups is 1. The van der Waals surface area contributed by atoms with Crippen molar-refractivity contribution < 1.29 is 52.7 Å². The lowest BCUT2D eigenvalue weighted by Crippen LogP contribution is -2.64. The van der Waals surface area contributed by atoms with E-state index in [0.29, 0.717) is 82.8 Å². The molecule has 0 spiro atoms. The van der Waals surface area contributed by atoms with Gasteiger partial charge in [0.05, 0.1) is 37.7 Å². The molecule has 4 rings (SSSR count). The van der Waals surface area contributed by atoms with Gasteiger partial charge in [-0.2, -0.15) is 0 Å². The Labute approximate surface area is 330 Å². The maximum absolute atomic E-state index is 12.8. The number of ether oxygens (including phenoxy) is 2. The summed E-state index contributed by atoms with van der Waals surface area (Å²) in [6, 6.07) is 14.3. The third kappa shape index (κ3) is 13.6. The van der Waals surface area contributed by atoms with Gasteiger partial charge in [0, 0.05) is 45.3 Å². The van der Waals surface area contributed by atoms with Crippen molar-refractivity contribution >= 4 is 47.4 Å². The van der Waals surface area contributed by atoms with Crippen LogP contribution in [0, 0.1) is 0 Å². The van der Waals surface area contributed by atoms with Crippen LogP contribution in [0.4, 0.5) is 4.79 Å². The molecule has 2 aromatic rings. The van der Waals surface area contributed by atoms with E-state index in [2.05, 4.69) is 33.2 Å². The number of imide groups is 2. The van der Waals surface area contributed by atoms with E-state index in [0.717, 1.165) is 10.6 Å². The highest BCUT2D eigenvalue weighted by Gasteiger charge is 2.51. The van der Waals surface area contributed by atoms with Crippen molar-refractivity contribution in [2.45, 2.75) is 69.6 Å². The van der Waals surface area contributed by atoms with Crippen LogP contribution in [0.25, 0.3) is 0 Å². The van der Waals surface area contributed by atoms with Gasteiger partial charge >= 0.3 is 12.0 Å². The van der Waals surface area contributed by atoms with Gasteiger partial charge in [0.15, 0.2) is 5.41 Å². The third-order valence-electron chi connectivity index (χ3n) is 9.26. The normalized spacial score (nSPS) is 14.8. The molecule has 17 heteroatoms. The Morgan fingerprint density at radius 1 is 0.684 bits per heavy atom. The minimum Gasteiger partial charge on any atom is -0.377 e. The molecule has 5 N–H and O–H groups in total. The maximum atomic E-state index is 12.8. The van der Waals surface area contributed by atoms with Gasteiger partial charge in [-0.1, -0.05) is 49.0 Å². The molecular formula is C40H50N6O11. The van der Waals surface area contributed by atoms with E-state index in [9.17, 15) is 38.4 Å².